The van der Waals surface area contributed by atoms with Crippen LogP contribution in [0.5, 0.6) is 5.75 Å². The number of benzene rings is 2. The van der Waals surface area contributed by atoms with Gasteiger partial charge in [-0.3, -0.25) is 24.0 Å². The van der Waals surface area contributed by atoms with Gasteiger partial charge in [0.2, 0.25) is 21.8 Å². The number of nitrogens with one attached hydrogen (secondary N) is 1. The summed E-state index contributed by atoms with van der Waals surface area (Å²) in [5, 5.41) is 14.3. The molecule has 2 rings (SSSR count). The molecule has 1 N–H and O–H groups in total. The van der Waals surface area contributed by atoms with E-state index in [0.29, 0.717) is 14.9 Å². The molecule has 0 bridgehead atoms. The van der Waals surface area contributed by atoms with E-state index < -0.39 is 45.0 Å². The third-order valence-electron chi connectivity index (χ3n) is 5.07. The number of sulfonamides is 1. The molecule has 2 aromatic rings. The summed E-state index contributed by atoms with van der Waals surface area (Å²) in [5.41, 5.74) is -0.0461. The van der Waals surface area contributed by atoms with Crippen molar-refractivity contribution in [2.24, 2.45) is 0 Å². The number of nitro groups is 1. The van der Waals surface area contributed by atoms with Gasteiger partial charge in [0.05, 0.1) is 28.3 Å². The summed E-state index contributed by atoms with van der Waals surface area (Å²) in [5.74, 6) is -1.23. The van der Waals surface area contributed by atoms with Crippen LogP contribution in [0.15, 0.2) is 36.4 Å². The first-order chi connectivity index (χ1) is 16.3. The van der Waals surface area contributed by atoms with Crippen molar-refractivity contribution in [2.45, 2.75) is 19.5 Å². The molecule has 0 saturated carbocycles. The van der Waals surface area contributed by atoms with Crippen molar-refractivity contribution in [2.75, 3.05) is 31.3 Å². The zero-order chi connectivity index (χ0) is 26.5. The highest BCUT2D eigenvalue weighted by Gasteiger charge is 2.31. The summed E-state index contributed by atoms with van der Waals surface area (Å²) >= 11 is 12.0. The average molecular weight is 547 g/mol. The molecule has 0 fully saturated rings. The highest BCUT2D eigenvalue weighted by molar-refractivity contribution is 7.92. The van der Waals surface area contributed by atoms with Crippen molar-refractivity contribution >= 4 is 56.4 Å². The van der Waals surface area contributed by atoms with Crippen molar-refractivity contribution in [3.8, 4) is 5.75 Å². The number of carbonyl (C=O) groups excluding carboxylic acids is 2. The second-order valence-electron chi connectivity index (χ2n) is 7.44. The minimum Gasteiger partial charge on any atom is -0.495 e. The van der Waals surface area contributed by atoms with E-state index in [1.807, 2.05) is 0 Å². The second-order valence-corrected chi connectivity index (χ2v) is 10.2. The van der Waals surface area contributed by atoms with Gasteiger partial charge in [-0.05, 0) is 30.7 Å². The molecule has 0 radical (unpaired) electrons. The Morgan fingerprint density at radius 3 is 2.34 bits per heavy atom. The SMILES string of the molecule is CNC(=O)C(C)N(Cc1ccc(Cl)c(Cl)c1)C(=O)CN(c1cc([N+](=O)[O-])ccc1OC)S(C)(=O)=O. The molecule has 2 amide bonds. The van der Waals surface area contributed by atoms with Gasteiger partial charge in [0.1, 0.15) is 24.0 Å². The molecule has 0 aromatic heterocycles. The van der Waals surface area contributed by atoms with Gasteiger partial charge in [-0.1, -0.05) is 29.3 Å². The van der Waals surface area contributed by atoms with E-state index in [1.54, 1.807) is 6.07 Å². The number of anilines is 1. The minimum absolute atomic E-state index is 0.00390. The van der Waals surface area contributed by atoms with Gasteiger partial charge < -0.3 is 15.0 Å². The van der Waals surface area contributed by atoms with E-state index in [0.717, 1.165) is 18.4 Å². The first-order valence-electron chi connectivity index (χ1n) is 10.0. The molecule has 0 aliphatic rings. The van der Waals surface area contributed by atoms with Gasteiger partial charge in [-0.2, -0.15) is 0 Å². The monoisotopic (exact) mass is 546 g/mol. The molecule has 0 heterocycles. The Balaban J connectivity index is 2.52. The molecule has 14 heteroatoms. The van der Waals surface area contributed by atoms with Crippen LogP contribution >= 0.6 is 23.2 Å². The maximum absolute atomic E-state index is 13.4. The zero-order valence-corrected chi connectivity index (χ0v) is 21.6. The lowest BCUT2D eigenvalue weighted by Crippen LogP contribution is -2.50. The van der Waals surface area contributed by atoms with Crippen molar-refractivity contribution < 1.29 is 27.7 Å². The Bertz CT molecular complexity index is 1240. The average Bonchev–Trinajstić information content (AvgIpc) is 2.80. The minimum atomic E-state index is -4.11. The summed E-state index contributed by atoms with van der Waals surface area (Å²) < 4.78 is 31.2. The lowest BCUT2D eigenvalue weighted by atomic mass is 10.1. The Labute approximate surface area is 212 Å². The quantitative estimate of drug-likeness (QED) is 0.357. The summed E-state index contributed by atoms with van der Waals surface area (Å²) in [6.45, 7) is 0.639. The third kappa shape index (κ3) is 6.96. The summed E-state index contributed by atoms with van der Waals surface area (Å²) in [6, 6.07) is 7.06. The molecule has 35 heavy (non-hydrogen) atoms. The van der Waals surface area contributed by atoms with Crippen LogP contribution in [-0.4, -0.2) is 63.1 Å². The van der Waals surface area contributed by atoms with Crippen LogP contribution in [-0.2, 0) is 26.2 Å². The highest BCUT2D eigenvalue weighted by Crippen LogP contribution is 2.34. The molecule has 190 valence electrons. The van der Waals surface area contributed by atoms with Crippen LogP contribution in [0.3, 0.4) is 0 Å². The third-order valence-corrected chi connectivity index (χ3v) is 6.94. The van der Waals surface area contributed by atoms with Crippen LogP contribution < -0.4 is 14.4 Å². The Morgan fingerprint density at radius 1 is 1.17 bits per heavy atom. The largest absolute Gasteiger partial charge is 0.495 e. The number of methoxy groups -OCH3 is 1. The van der Waals surface area contributed by atoms with Gasteiger partial charge in [0.15, 0.2) is 0 Å². The van der Waals surface area contributed by atoms with Crippen LogP contribution in [0.4, 0.5) is 11.4 Å². The molecular formula is C21H24Cl2N4O7S. The molecule has 11 nitrogen and oxygen atoms in total. The molecular weight excluding hydrogens is 523 g/mol. The van der Waals surface area contributed by atoms with E-state index in [1.165, 1.54) is 44.2 Å². The van der Waals surface area contributed by atoms with Gasteiger partial charge in [-0.25, -0.2) is 8.42 Å². The van der Waals surface area contributed by atoms with Crippen molar-refractivity contribution in [1.29, 1.82) is 0 Å². The highest BCUT2D eigenvalue weighted by atomic mass is 35.5. The maximum Gasteiger partial charge on any atom is 0.271 e. The predicted molar refractivity (Wildman–Crippen MR) is 132 cm³/mol. The Kier molecular flexibility index (Phi) is 9.30. The first-order valence-corrected chi connectivity index (χ1v) is 12.7. The standard InChI is InChI=1S/C21H24Cl2N4O7S/c1-13(21(29)24-2)25(11-14-5-7-16(22)17(23)9-14)20(28)12-26(35(4,32)33)18-10-15(27(30)31)6-8-19(18)34-3/h5-10,13H,11-12H2,1-4H3,(H,24,29). The molecule has 1 atom stereocenters. The number of nitro benzene ring substituents is 1. The number of carbonyl (C=O) groups is 2. The van der Waals surface area contributed by atoms with Crippen LogP contribution in [0.2, 0.25) is 10.0 Å². The fraction of sp³-hybridized carbons (Fsp3) is 0.333. The van der Waals surface area contributed by atoms with E-state index >= 15 is 0 Å². The summed E-state index contributed by atoms with van der Waals surface area (Å²) in [6.07, 6.45) is 0.851. The molecule has 2 aromatic carbocycles. The summed E-state index contributed by atoms with van der Waals surface area (Å²) in [4.78, 5) is 37.5. The smallest absolute Gasteiger partial charge is 0.271 e. The van der Waals surface area contributed by atoms with E-state index in [2.05, 4.69) is 5.32 Å². The first kappa shape index (κ1) is 28.1. The van der Waals surface area contributed by atoms with Crippen LogP contribution in [0.25, 0.3) is 0 Å². The lowest BCUT2D eigenvalue weighted by molar-refractivity contribution is -0.384. The summed E-state index contributed by atoms with van der Waals surface area (Å²) in [7, 11) is -1.45. The second kappa shape index (κ2) is 11.6. The Hall–Kier alpha value is -3.09. The molecule has 0 saturated heterocycles. The topological polar surface area (TPSA) is 139 Å². The van der Waals surface area contributed by atoms with Crippen LogP contribution in [0.1, 0.15) is 12.5 Å². The molecule has 1 unspecified atom stereocenters. The van der Waals surface area contributed by atoms with E-state index in [9.17, 15) is 28.1 Å². The fourth-order valence-electron chi connectivity index (χ4n) is 3.21. The number of ether oxygens (including phenoxy) is 1. The normalized spacial score (nSPS) is 11.9. The fourth-order valence-corrected chi connectivity index (χ4v) is 4.37. The Morgan fingerprint density at radius 2 is 1.83 bits per heavy atom. The number of hydrogen-bond acceptors (Lipinski definition) is 7. The number of likely N-dealkylation sites (N-methyl/N-ethyl adjacent to an activating group) is 1. The number of halogens is 2. The predicted octanol–water partition coefficient (Wildman–Crippen LogP) is 2.84. The maximum atomic E-state index is 13.4. The molecule has 0 aliphatic carbocycles. The van der Waals surface area contributed by atoms with E-state index in [4.69, 9.17) is 27.9 Å². The van der Waals surface area contributed by atoms with E-state index in [-0.39, 0.29) is 23.0 Å². The van der Waals surface area contributed by atoms with Crippen molar-refractivity contribution in [3.05, 3.63) is 62.1 Å². The molecule has 0 aliphatic heterocycles. The zero-order valence-electron chi connectivity index (χ0n) is 19.3. The number of amides is 2. The van der Waals surface area contributed by atoms with Gasteiger partial charge in [-0.15, -0.1) is 0 Å². The van der Waals surface area contributed by atoms with Crippen LogP contribution in [0, 0.1) is 10.1 Å². The number of nitrogens with zero attached hydrogens (tertiary/aromatic N) is 3. The number of non-ortho nitro benzene ring substituents is 1. The van der Waals surface area contributed by atoms with Gasteiger partial charge >= 0.3 is 0 Å². The van der Waals surface area contributed by atoms with Gasteiger partial charge in [0.25, 0.3) is 5.69 Å². The lowest BCUT2D eigenvalue weighted by Gasteiger charge is -2.31. The number of rotatable bonds is 10. The van der Waals surface area contributed by atoms with Gasteiger partial charge in [0, 0.05) is 25.7 Å². The van der Waals surface area contributed by atoms with Crippen molar-refractivity contribution in [1.82, 2.24) is 10.2 Å². The van der Waals surface area contributed by atoms with Crippen molar-refractivity contribution in [3.63, 3.8) is 0 Å². The number of hydrogen-bond donors (Lipinski definition) is 1. The molecule has 0 spiro atoms.